The molecule has 0 aliphatic heterocycles. The Morgan fingerprint density at radius 1 is 1.13 bits per heavy atom. The molecule has 0 radical (unpaired) electrons. The molecule has 0 spiro atoms. The highest BCUT2D eigenvalue weighted by Gasteiger charge is 2.17. The number of carbonyl (C=O) groups is 2. The molecule has 0 saturated heterocycles. The number of carbonyl (C=O) groups excluding carboxylic acids is 2. The number of hydrogen-bond acceptors (Lipinski definition) is 8. The predicted molar refractivity (Wildman–Crippen MR) is 117 cm³/mol. The van der Waals surface area contributed by atoms with Crippen LogP contribution in [-0.4, -0.2) is 26.6 Å². The summed E-state index contributed by atoms with van der Waals surface area (Å²) in [7, 11) is 0. The molecule has 31 heavy (non-hydrogen) atoms. The Kier molecular flexibility index (Phi) is 6.05. The SMILES string of the molecule is Cc1nc(-c2ccccc2)sc1C(=O)NNC(=O)CCn1nc(-c2cccs2)oc1=O. The van der Waals surface area contributed by atoms with Gasteiger partial charge in [-0.25, -0.2) is 9.78 Å². The van der Waals surface area contributed by atoms with E-state index in [0.29, 0.717) is 10.6 Å². The first-order valence-electron chi connectivity index (χ1n) is 9.25. The van der Waals surface area contributed by atoms with Crippen LogP contribution in [0.2, 0.25) is 0 Å². The molecule has 0 bridgehead atoms. The zero-order valence-corrected chi connectivity index (χ0v) is 18.0. The highest BCUT2D eigenvalue weighted by molar-refractivity contribution is 7.17. The summed E-state index contributed by atoms with van der Waals surface area (Å²) < 4.78 is 6.18. The van der Waals surface area contributed by atoms with Crippen molar-refractivity contribution >= 4 is 34.5 Å². The van der Waals surface area contributed by atoms with E-state index in [2.05, 4.69) is 20.9 Å². The molecular formula is C20H17N5O4S2. The van der Waals surface area contributed by atoms with Crippen LogP contribution < -0.4 is 16.6 Å². The number of aryl methyl sites for hydroxylation is 2. The Hall–Kier alpha value is -3.57. The fourth-order valence-corrected chi connectivity index (χ4v) is 4.32. The van der Waals surface area contributed by atoms with Gasteiger partial charge in [-0.1, -0.05) is 36.4 Å². The molecular weight excluding hydrogens is 438 g/mol. The zero-order valence-electron chi connectivity index (χ0n) is 16.3. The van der Waals surface area contributed by atoms with Crippen LogP contribution in [0, 0.1) is 6.92 Å². The summed E-state index contributed by atoms with van der Waals surface area (Å²) in [6, 6.07) is 13.1. The molecule has 1 aromatic carbocycles. The molecule has 2 N–H and O–H groups in total. The fraction of sp³-hybridized carbons (Fsp3) is 0.150. The van der Waals surface area contributed by atoms with Gasteiger partial charge in [0.1, 0.15) is 9.88 Å². The van der Waals surface area contributed by atoms with Crippen LogP contribution in [0.25, 0.3) is 21.3 Å². The van der Waals surface area contributed by atoms with Gasteiger partial charge in [0.05, 0.1) is 17.1 Å². The van der Waals surface area contributed by atoms with E-state index in [-0.39, 0.29) is 18.9 Å². The van der Waals surface area contributed by atoms with Gasteiger partial charge in [-0.05, 0) is 18.4 Å². The van der Waals surface area contributed by atoms with Gasteiger partial charge < -0.3 is 4.42 Å². The van der Waals surface area contributed by atoms with E-state index >= 15 is 0 Å². The smallest absolute Gasteiger partial charge is 0.387 e. The average molecular weight is 456 g/mol. The lowest BCUT2D eigenvalue weighted by Crippen LogP contribution is -2.42. The lowest BCUT2D eigenvalue weighted by molar-refractivity contribution is -0.122. The number of hydrogen-bond donors (Lipinski definition) is 2. The minimum absolute atomic E-state index is 0.0210. The van der Waals surface area contributed by atoms with Gasteiger partial charge in [0.2, 0.25) is 5.91 Å². The second kappa shape index (κ2) is 9.06. The number of aromatic nitrogens is 3. The monoisotopic (exact) mass is 455 g/mol. The van der Waals surface area contributed by atoms with Crippen LogP contribution in [0.15, 0.2) is 57.1 Å². The van der Waals surface area contributed by atoms with Gasteiger partial charge in [0.15, 0.2) is 0 Å². The van der Waals surface area contributed by atoms with Crippen LogP contribution in [0.5, 0.6) is 0 Å². The van der Waals surface area contributed by atoms with Crippen molar-refractivity contribution in [3.63, 3.8) is 0 Å². The normalized spacial score (nSPS) is 10.7. The first kappa shape index (κ1) is 20.7. The molecule has 0 atom stereocenters. The lowest BCUT2D eigenvalue weighted by Gasteiger charge is -2.06. The van der Waals surface area contributed by atoms with Gasteiger partial charge in [-0.15, -0.1) is 27.8 Å². The van der Waals surface area contributed by atoms with Crippen molar-refractivity contribution in [2.45, 2.75) is 19.9 Å². The molecule has 0 aliphatic rings. The molecule has 11 heteroatoms. The summed E-state index contributed by atoms with van der Waals surface area (Å²) in [6.45, 7) is 1.76. The Morgan fingerprint density at radius 3 is 2.68 bits per heavy atom. The number of benzene rings is 1. The van der Waals surface area contributed by atoms with Crippen molar-refractivity contribution in [2.24, 2.45) is 0 Å². The molecule has 0 saturated carbocycles. The second-order valence-electron chi connectivity index (χ2n) is 6.43. The third-order valence-electron chi connectivity index (χ3n) is 4.23. The first-order valence-corrected chi connectivity index (χ1v) is 10.9. The topological polar surface area (TPSA) is 119 Å². The molecule has 3 heterocycles. The third kappa shape index (κ3) is 4.78. The minimum atomic E-state index is -0.644. The summed E-state index contributed by atoms with van der Waals surface area (Å²) in [5.74, 6) is -1.35. The molecule has 9 nitrogen and oxygen atoms in total. The van der Waals surface area contributed by atoms with Crippen LogP contribution in [0.3, 0.4) is 0 Å². The van der Waals surface area contributed by atoms with Gasteiger partial charge in [0.25, 0.3) is 11.8 Å². The van der Waals surface area contributed by atoms with Gasteiger partial charge in [-0.2, -0.15) is 4.68 Å². The van der Waals surface area contributed by atoms with E-state index in [9.17, 15) is 14.4 Å². The number of hydrazine groups is 1. The minimum Gasteiger partial charge on any atom is -0.387 e. The predicted octanol–water partition coefficient (Wildman–Crippen LogP) is 2.85. The van der Waals surface area contributed by atoms with Crippen molar-refractivity contribution in [3.8, 4) is 21.3 Å². The molecule has 0 fully saturated rings. The number of rotatable bonds is 6. The van der Waals surface area contributed by atoms with Crippen molar-refractivity contribution in [1.29, 1.82) is 0 Å². The van der Waals surface area contributed by atoms with Crippen LogP contribution in [0.4, 0.5) is 0 Å². The van der Waals surface area contributed by atoms with Gasteiger partial charge >= 0.3 is 5.76 Å². The van der Waals surface area contributed by atoms with E-state index in [0.717, 1.165) is 20.1 Å². The standard InChI is InChI=1S/C20H17N5O4S2/c1-12-16(31-19(21-12)13-6-3-2-4-7-13)17(27)23-22-15(26)9-10-25-20(28)29-18(24-25)14-8-5-11-30-14/h2-8,11H,9-10H2,1H3,(H,22,26)(H,23,27). The summed E-state index contributed by atoms with van der Waals surface area (Å²) in [5, 5.41) is 6.65. The van der Waals surface area contributed by atoms with Crippen molar-refractivity contribution < 1.29 is 14.0 Å². The third-order valence-corrected chi connectivity index (χ3v) is 6.29. The summed E-state index contributed by atoms with van der Waals surface area (Å²) in [5.41, 5.74) is 6.23. The summed E-state index contributed by atoms with van der Waals surface area (Å²) in [4.78, 5) is 42.0. The Balaban J connectivity index is 1.32. The molecule has 2 amide bonds. The number of thiazole rings is 1. The largest absolute Gasteiger partial charge is 0.437 e. The highest BCUT2D eigenvalue weighted by Crippen LogP contribution is 2.27. The molecule has 0 unspecified atom stereocenters. The average Bonchev–Trinajstić information content (AvgIpc) is 3.51. The van der Waals surface area contributed by atoms with E-state index in [4.69, 9.17) is 4.42 Å². The van der Waals surface area contributed by atoms with Gasteiger partial charge in [-0.3, -0.25) is 20.4 Å². The molecule has 4 rings (SSSR count). The second-order valence-corrected chi connectivity index (χ2v) is 8.37. The van der Waals surface area contributed by atoms with Crippen molar-refractivity contribution in [3.05, 3.63) is 69.0 Å². The molecule has 0 aliphatic carbocycles. The number of amides is 2. The fourth-order valence-electron chi connectivity index (χ4n) is 2.71. The number of thiophene rings is 1. The number of nitrogens with one attached hydrogen (secondary N) is 2. The maximum atomic E-state index is 12.4. The first-order chi connectivity index (χ1) is 15.0. The van der Waals surface area contributed by atoms with Crippen molar-refractivity contribution in [1.82, 2.24) is 25.6 Å². The summed E-state index contributed by atoms with van der Waals surface area (Å²) >= 11 is 2.64. The van der Waals surface area contributed by atoms with Crippen LogP contribution in [-0.2, 0) is 11.3 Å². The Labute approximate surface area is 184 Å². The van der Waals surface area contributed by atoms with E-state index in [1.165, 1.54) is 22.7 Å². The van der Waals surface area contributed by atoms with E-state index in [1.807, 2.05) is 41.8 Å². The zero-order chi connectivity index (χ0) is 21.8. The Bertz CT molecular complexity index is 1260. The molecule has 4 aromatic rings. The lowest BCUT2D eigenvalue weighted by atomic mass is 10.2. The molecule has 158 valence electrons. The Morgan fingerprint density at radius 2 is 1.94 bits per heavy atom. The quantitative estimate of drug-likeness (QED) is 0.432. The maximum Gasteiger partial charge on any atom is 0.437 e. The van der Waals surface area contributed by atoms with E-state index in [1.54, 1.807) is 13.0 Å². The maximum absolute atomic E-state index is 12.4. The molecule has 3 aromatic heterocycles. The van der Waals surface area contributed by atoms with Crippen LogP contribution >= 0.6 is 22.7 Å². The van der Waals surface area contributed by atoms with Crippen LogP contribution in [0.1, 0.15) is 21.8 Å². The van der Waals surface area contributed by atoms with E-state index < -0.39 is 17.6 Å². The van der Waals surface area contributed by atoms with Gasteiger partial charge in [0, 0.05) is 12.0 Å². The summed E-state index contributed by atoms with van der Waals surface area (Å²) in [6.07, 6.45) is -0.0620. The highest BCUT2D eigenvalue weighted by atomic mass is 32.1. The van der Waals surface area contributed by atoms with Crippen molar-refractivity contribution in [2.75, 3.05) is 0 Å². The number of nitrogens with zero attached hydrogens (tertiary/aromatic N) is 3.